The molecule has 21 heavy (non-hydrogen) atoms. The van der Waals surface area contributed by atoms with Gasteiger partial charge in [-0.3, -0.25) is 0 Å². The maximum atomic E-state index is 13.5. The molecule has 112 valence electrons. The number of aromatic nitrogens is 2. The summed E-state index contributed by atoms with van der Waals surface area (Å²) in [6.07, 6.45) is 3.31. The van der Waals surface area contributed by atoms with Gasteiger partial charge in [0.1, 0.15) is 5.82 Å². The maximum Gasteiger partial charge on any atom is 0.228 e. The Bertz CT molecular complexity index is 600. The number of benzene rings is 1. The van der Waals surface area contributed by atoms with Crippen molar-refractivity contribution in [2.45, 2.75) is 36.0 Å². The molecule has 1 aliphatic carbocycles. The second-order valence-corrected chi connectivity index (χ2v) is 6.28. The zero-order chi connectivity index (χ0) is 14.7. The van der Waals surface area contributed by atoms with Gasteiger partial charge < -0.3 is 9.84 Å². The van der Waals surface area contributed by atoms with E-state index < -0.39 is 0 Å². The fourth-order valence-electron chi connectivity index (χ4n) is 2.33. The van der Waals surface area contributed by atoms with Gasteiger partial charge in [-0.2, -0.15) is 4.98 Å². The molecule has 0 spiro atoms. The molecule has 4 nitrogen and oxygen atoms in total. The molecule has 1 aliphatic rings. The van der Waals surface area contributed by atoms with Gasteiger partial charge in [0, 0.05) is 17.4 Å². The van der Waals surface area contributed by atoms with Gasteiger partial charge >= 0.3 is 0 Å². The Hall–Kier alpha value is -1.40. The highest BCUT2D eigenvalue weighted by Gasteiger charge is 2.31. The Kier molecular flexibility index (Phi) is 4.55. The topological polar surface area (TPSA) is 51.0 Å². The summed E-state index contributed by atoms with van der Waals surface area (Å²) in [4.78, 5) is 5.00. The summed E-state index contributed by atoms with van der Waals surface area (Å²) in [5, 5.41) is 7.28. The number of likely N-dealkylation sites (N-methyl/N-ethyl adjacent to an activating group) is 1. The smallest absolute Gasteiger partial charge is 0.228 e. The molecule has 6 heteroatoms. The number of thioether (sulfide) groups is 1. The van der Waals surface area contributed by atoms with Crippen LogP contribution in [0.4, 0.5) is 4.39 Å². The summed E-state index contributed by atoms with van der Waals surface area (Å²) in [6.45, 7) is 0. The van der Waals surface area contributed by atoms with Crippen molar-refractivity contribution in [1.29, 1.82) is 0 Å². The minimum Gasteiger partial charge on any atom is -0.339 e. The molecule has 2 aromatic rings. The van der Waals surface area contributed by atoms with Crippen LogP contribution < -0.4 is 5.32 Å². The first-order chi connectivity index (χ1) is 10.3. The standard InChI is InChI=1S/C15H18FN3OS/c1-17-12(10-6-7-10)8-15-18-14(19-20-15)9-21-13-5-3-2-4-11(13)16/h2-5,10,12,17H,6-9H2,1H3. The fraction of sp³-hybridized carbons (Fsp3) is 0.467. The van der Waals surface area contributed by atoms with Crippen molar-refractivity contribution in [3.05, 3.63) is 41.8 Å². The van der Waals surface area contributed by atoms with E-state index >= 15 is 0 Å². The number of rotatable bonds is 7. The average Bonchev–Trinajstić information content (AvgIpc) is 3.24. The van der Waals surface area contributed by atoms with Crippen molar-refractivity contribution in [2.75, 3.05) is 7.05 Å². The van der Waals surface area contributed by atoms with Gasteiger partial charge in [0.05, 0.1) is 5.75 Å². The van der Waals surface area contributed by atoms with Gasteiger partial charge in [-0.05, 0) is 37.9 Å². The SMILES string of the molecule is CNC(Cc1nc(CSc2ccccc2F)no1)C1CC1. The van der Waals surface area contributed by atoms with E-state index in [1.54, 1.807) is 12.1 Å². The Morgan fingerprint density at radius 2 is 2.24 bits per heavy atom. The van der Waals surface area contributed by atoms with Crippen LogP contribution in [-0.2, 0) is 12.2 Å². The molecule has 3 rings (SSSR count). The summed E-state index contributed by atoms with van der Waals surface area (Å²) in [5.74, 6) is 2.31. The van der Waals surface area contributed by atoms with E-state index in [0.29, 0.717) is 28.4 Å². The maximum absolute atomic E-state index is 13.5. The normalized spacial score (nSPS) is 16.1. The van der Waals surface area contributed by atoms with Crippen LogP contribution in [0.5, 0.6) is 0 Å². The van der Waals surface area contributed by atoms with E-state index in [2.05, 4.69) is 15.5 Å². The Balaban J connectivity index is 1.56. The number of halogens is 1. The third-order valence-electron chi connectivity index (χ3n) is 3.66. The number of hydrogen-bond acceptors (Lipinski definition) is 5. The van der Waals surface area contributed by atoms with E-state index in [0.717, 1.165) is 12.3 Å². The van der Waals surface area contributed by atoms with Crippen molar-refractivity contribution in [2.24, 2.45) is 5.92 Å². The van der Waals surface area contributed by atoms with Crippen molar-refractivity contribution in [1.82, 2.24) is 15.5 Å². The first-order valence-corrected chi connectivity index (χ1v) is 8.11. The highest BCUT2D eigenvalue weighted by atomic mass is 32.2. The molecule has 1 fully saturated rings. The lowest BCUT2D eigenvalue weighted by Crippen LogP contribution is -2.29. The van der Waals surface area contributed by atoms with Gasteiger partial charge in [-0.25, -0.2) is 4.39 Å². The first kappa shape index (κ1) is 14.5. The molecule has 0 saturated heterocycles. The van der Waals surface area contributed by atoms with Crippen molar-refractivity contribution in [3.8, 4) is 0 Å². The molecular weight excluding hydrogens is 289 g/mol. The van der Waals surface area contributed by atoms with Crippen LogP contribution >= 0.6 is 11.8 Å². The Labute approximate surface area is 127 Å². The van der Waals surface area contributed by atoms with E-state index in [-0.39, 0.29) is 5.82 Å². The van der Waals surface area contributed by atoms with Crippen molar-refractivity contribution < 1.29 is 8.91 Å². The second kappa shape index (κ2) is 6.58. The quantitative estimate of drug-likeness (QED) is 0.797. The van der Waals surface area contributed by atoms with Crippen molar-refractivity contribution >= 4 is 11.8 Å². The Morgan fingerprint density at radius 1 is 1.43 bits per heavy atom. The molecule has 1 unspecified atom stereocenters. The molecule has 1 saturated carbocycles. The monoisotopic (exact) mass is 307 g/mol. The number of nitrogens with zero attached hydrogens (tertiary/aromatic N) is 2. The lowest BCUT2D eigenvalue weighted by molar-refractivity contribution is 0.349. The molecular formula is C15H18FN3OS. The average molecular weight is 307 g/mol. The zero-order valence-corrected chi connectivity index (χ0v) is 12.7. The predicted molar refractivity (Wildman–Crippen MR) is 79.5 cm³/mol. The van der Waals surface area contributed by atoms with Gasteiger partial charge in [0.25, 0.3) is 0 Å². The van der Waals surface area contributed by atoms with Crippen LogP contribution in [0, 0.1) is 11.7 Å². The third-order valence-corrected chi connectivity index (χ3v) is 4.70. The van der Waals surface area contributed by atoms with Gasteiger partial charge in [-0.15, -0.1) is 11.8 Å². The molecule has 0 radical (unpaired) electrons. The second-order valence-electron chi connectivity index (χ2n) is 5.26. The van der Waals surface area contributed by atoms with E-state index in [9.17, 15) is 4.39 Å². The molecule has 1 N–H and O–H groups in total. The molecule has 1 aromatic carbocycles. The number of nitrogens with one attached hydrogen (secondary N) is 1. The van der Waals surface area contributed by atoms with Gasteiger partial charge in [0.2, 0.25) is 5.89 Å². The fourth-order valence-corrected chi connectivity index (χ4v) is 3.11. The van der Waals surface area contributed by atoms with Crippen LogP contribution in [-0.4, -0.2) is 23.2 Å². The molecule has 1 atom stereocenters. The molecule has 0 amide bonds. The van der Waals surface area contributed by atoms with Crippen LogP contribution in [0.25, 0.3) is 0 Å². The van der Waals surface area contributed by atoms with Gasteiger partial charge in [0.15, 0.2) is 5.82 Å². The third kappa shape index (κ3) is 3.83. The summed E-state index contributed by atoms with van der Waals surface area (Å²) < 4.78 is 18.8. The van der Waals surface area contributed by atoms with Gasteiger partial charge in [-0.1, -0.05) is 17.3 Å². The molecule has 0 bridgehead atoms. The lowest BCUT2D eigenvalue weighted by atomic mass is 10.1. The van der Waals surface area contributed by atoms with Crippen LogP contribution in [0.1, 0.15) is 24.6 Å². The largest absolute Gasteiger partial charge is 0.339 e. The van der Waals surface area contributed by atoms with E-state index in [1.165, 1.54) is 30.7 Å². The van der Waals surface area contributed by atoms with Crippen molar-refractivity contribution in [3.63, 3.8) is 0 Å². The summed E-state index contributed by atoms with van der Waals surface area (Å²) in [7, 11) is 1.97. The van der Waals surface area contributed by atoms with Crippen LogP contribution in [0.2, 0.25) is 0 Å². The van der Waals surface area contributed by atoms with Crippen LogP contribution in [0.3, 0.4) is 0 Å². The number of hydrogen-bond donors (Lipinski definition) is 1. The lowest BCUT2D eigenvalue weighted by Gasteiger charge is -2.11. The summed E-state index contributed by atoms with van der Waals surface area (Å²) >= 11 is 1.38. The highest BCUT2D eigenvalue weighted by Crippen LogP contribution is 2.33. The van der Waals surface area contributed by atoms with Crippen LogP contribution in [0.15, 0.2) is 33.7 Å². The minimum atomic E-state index is -0.213. The predicted octanol–water partition coefficient (Wildman–Crippen LogP) is 3.04. The Morgan fingerprint density at radius 3 is 2.95 bits per heavy atom. The zero-order valence-electron chi connectivity index (χ0n) is 11.9. The molecule has 1 heterocycles. The molecule has 0 aliphatic heterocycles. The van der Waals surface area contributed by atoms with E-state index in [1.807, 2.05) is 13.1 Å². The summed E-state index contributed by atoms with van der Waals surface area (Å²) in [5.41, 5.74) is 0. The highest BCUT2D eigenvalue weighted by molar-refractivity contribution is 7.98. The first-order valence-electron chi connectivity index (χ1n) is 7.12. The van der Waals surface area contributed by atoms with E-state index in [4.69, 9.17) is 4.52 Å². The molecule has 1 aromatic heterocycles. The minimum absolute atomic E-state index is 0.213. The summed E-state index contributed by atoms with van der Waals surface area (Å²) in [6, 6.07) is 7.13.